The number of piperidine rings is 1. The number of aryl methyl sites for hydroxylation is 1. The van der Waals surface area contributed by atoms with Gasteiger partial charge in [-0.3, -0.25) is 0 Å². The molecule has 1 aliphatic rings. The highest BCUT2D eigenvalue weighted by atomic mass is 16.3. The first-order chi connectivity index (χ1) is 10.7. The number of aliphatic hydroxyl groups is 1. The van der Waals surface area contributed by atoms with Crippen LogP contribution in [-0.4, -0.2) is 40.1 Å². The number of nitrogens with zero attached hydrogens (tertiary/aromatic N) is 3. The van der Waals surface area contributed by atoms with Gasteiger partial charge in [0.2, 0.25) is 0 Å². The van der Waals surface area contributed by atoms with Crippen molar-refractivity contribution in [1.29, 1.82) is 0 Å². The molecule has 22 heavy (non-hydrogen) atoms. The first-order valence-electron chi connectivity index (χ1n) is 7.90. The van der Waals surface area contributed by atoms with Crippen molar-refractivity contribution in [2.45, 2.75) is 32.3 Å². The number of likely N-dealkylation sites (N-methyl/N-ethyl adjacent to an activating group) is 1. The fourth-order valence-corrected chi connectivity index (χ4v) is 3.08. The van der Waals surface area contributed by atoms with Gasteiger partial charge in [-0.2, -0.15) is 0 Å². The van der Waals surface area contributed by atoms with E-state index in [9.17, 15) is 0 Å². The number of hydrogen-bond donors (Lipinski definition) is 1. The van der Waals surface area contributed by atoms with Crippen molar-refractivity contribution in [2.24, 2.45) is 0 Å². The van der Waals surface area contributed by atoms with Crippen LogP contribution in [0.15, 0.2) is 30.3 Å². The smallest absolute Gasteiger partial charge is 0.133 e. The van der Waals surface area contributed by atoms with E-state index in [0.29, 0.717) is 5.92 Å². The molecule has 0 spiro atoms. The van der Waals surface area contributed by atoms with Crippen LogP contribution in [-0.2, 0) is 6.61 Å². The fraction of sp³-hybridized carbons (Fsp3) is 0.444. The molecule has 116 valence electrons. The van der Waals surface area contributed by atoms with Crippen LogP contribution in [0.3, 0.4) is 0 Å². The third kappa shape index (κ3) is 3.34. The Hall–Kier alpha value is -1.78. The largest absolute Gasteiger partial charge is 0.392 e. The summed E-state index contributed by atoms with van der Waals surface area (Å²) >= 11 is 0. The summed E-state index contributed by atoms with van der Waals surface area (Å²) in [5, 5.41) is 9.15. The van der Waals surface area contributed by atoms with Crippen LogP contribution in [0.25, 0.3) is 11.3 Å². The lowest BCUT2D eigenvalue weighted by Crippen LogP contribution is -2.31. The second-order valence-corrected chi connectivity index (χ2v) is 6.21. The van der Waals surface area contributed by atoms with Gasteiger partial charge in [0.25, 0.3) is 0 Å². The maximum Gasteiger partial charge on any atom is 0.133 e. The van der Waals surface area contributed by atoms with Gasteiger partial charge in [0, 0.05) is 23.7 Å². The molecule has 1 atom stereocenters. The van der Waals surface area contributed by atoms with E-state index in [2.05, 4.69) is 16.9 Å². The molecule has 1 aliphatic heterocycles. The van der Waals surface area contributed by atoms with Crippen molar-refractivity contribution in [3.63, 3.8) is 0 Å². The number of hydrogen-bond acceptors (Lipinski definition) is 4. The highest BCUT2D eigenvalue weighted by Crippen LogP contribution is 2.26. The average Bonchev–Trinajstić information content (AvgIpc) is 2.54. The van der Waals surface area contributed by atoms with Crippen LogP contribution in [0.5, 0.6) is 0 Å². The van der Waals surface area contributed by atoms with Crippen LogP contribution in [0.1, 0.15) is 35.8 Å². The van der Waals surface area contributed by atoms with Crippen molar-refractivity contribution < 1.29 is 5.11 Å². The summed E-state index contributed by atoms with van der Waals surface area (Å²) in [6.07, 6.45) is 2.37. The van der Waals surface area contributed by atoms with Crippen LogP contribution in [0.4, 0.5) is 0 Å². The monoisotopic (exact) mass is 297 g/mol. The first kappa shape index (κ1) is 15.1. The molecule has 0 saturated carbocycles. The van der Waals surface area contributed by atoms with Crippen molar-refractivity contribution in [3.8, 4) is 11.3 Å². The maximum absolute atomic E-state index is 9.15. The van der Waals surface area contributed by atoms with Crippen LogP contribution in [0, 0.1) is 6.92 Å². The Bertz CT molecular complexity index is 639. The molecule has 1 aromatic carbocycles. The zero-order valence-electron chi connectivity index (χ0n) is 13.3. The second kappa shape index (κ2) is 6.55. The van der Waals surface area contributed by atoms with Crippen LogP contribution in [0.2, 0.25) is 0 Å². The third-order valence-electron chi connectivity index (χ3n) is 4.29. The molecule has 3 rings (SSSR count). The predicted octanol–water partition coefficient (Wildman–Crippen LogP) is 2.75. The zero-order chi connectivity index (χ0) is 15.5. The fourth-order valence-electron chi connectivity index (χ4n) is 3.08. The van der Waals surface area contributed by atoms with E-state index >= 15 is 0 Å². The Balaban J connectivity index is 1.91. The molecule has 0 radical (unpaired) electrons. The number of benzene rings is 1. The molecule has 2 heterocycles. The minimum absolute atomic E-state index is 0.0722. The van der Waals surface area contributed by atoms with E-state index in [1.807, 2.05) is 37.3 Å². The number of likely N-dealkylation sites (tertiary alicyclic amines) is 1. The van der Waals surface area contributed by atoms with Crippen molar-refractivity contribution in [3.05, 3.63) is 47.4 Å². The molecule has 0 bridgehead atoms. The minimum Gasteiger partial charge on any atom is -0.392 e. The van der Waals surface area contributed by atoms with Gasteiger partial charge in [0.1, 0.15) is 5.82 Å². The lowest BCUT2D eigenvalue weighted by atomic mass is 9.97. The number of rotatable bonds is 3. The summed E-state index contributed by atoms with van der Waals surface area (Å²) in [5.74, 6) is 1.39. The number of aromatic nitrogens is 2. The molecular formula is C18H23N3O. The Morgan fingerprint density at radius 2 is 2.00 bits per heavy atom. The zero-order valence-corrected chi connectivity index (χ0v) is 13.3. The lowest BCUT2D eigenvalue weighted by Gasteiger charge is -2.28. The van der Waals surface area contributed by atoms with Gasteiger partial charge in [0.05, 0.1) is 12.3 Å². The molecule has 0 unspecified atom stereocenters. The maximum atomic E-state index is 9.15. The van der Waals surface area contributed by atoms with Gasteiger partial charge in [-0.15, -0.1) is 0 Å². The normalized spacial score (nSPS) is 19.3. The molecule has 1 fully saturated rings. The Morgan fingerprint density at radius 1 is 1.23 bits per heavy atom. The van der Waals surface area contributed by atoms with Gasteiger partial charge in [-0.25, -0.2) is 9.97 Å². The van der Waals surface area contributed by atoms with Gasteiger partial charge in [-0.05, 0) is 45.0 Å². The van der Waals surface area contributed by atoms with E-state index < -0.39 is 0 Å². The van der Waals surface area contributed by atoms with Crippen molar-refractivity contribution >= 4 is 0 Å². The molecule has 1 aromatic heterocycles. The summed E-state index contributed by atoms with van der Waals surface area (Å²) < 4.78 is 0. The van der Waals surface area contributed by atoms with E-state index in [4.69, 9.17) is 10.1 Å². The summed E-state index contributed by atoms with van der Waals surface area (Å²) in [4.78, 5) is 11.8. The van der Waals surface area contributed by atoms with E-state index in [-0.39, 0.29) is 6.61 Å². The average molecular weight is 297 g/mol. The minimum atomic E-state index is 0.0722. The van der Waals surface area contributed by atoms with E-state index in [1.54, 1.807) is 0 Å². The van der Waals surface area contributed by atoms with Crippen LogP contribution < -0.4 is 0 Å². The van der Waals surface area contributed by atoms with E-state index in [0.717, 1.165) is 47.8 Å². The molecule has 4 heteroatoms. The summed E-state index contributed by atoms with van der Waals surface area (Å²) in [6.45, 7) is 4.30. The van der Waals surface area contributed by atoms with Gasteiger partial charge in [-0.1, -0.05) is 24.3 Å². The van der Waals surface area contributed by atoms with E-state index in [1.165, 1.54) is 6.42 Å². The van der Waals surface area contributed by atoms with Gasteiger partial charge >= 0.3 is 0 Å². The molecule has 4 nitrogen and oxygen atoms in total. The lowest BCUT2D eigenvalue weighted by molar-refractivity contribution is 0.246. The standard InChI is InChI=1S/C18H23N3O/c1-13-10-17(15-7-5-14(12-22)6-8-15)20-18(19-13)16-4-3-9-21(2)11-16/h5-8,10,16,22H,3-4,9,11-12H2,1-2H3/t16-/m1/s1. The summed E-state index contributed by atoms with van der Waals surface area (Å²) in [5.41, 5.74) is 3.98. The molecular weight excluding hydrogens is 274 g/mol. The van der Waals surface area contributed by atoms with Crippen LogP contribution >= 0.6 is 0 Å². The highest BCUT2D eigenvalue weighted by Gasteiger charge is 2.22. The highest BCUT2D eigenvalue weighted by molar-refractivity contribution is 5.59. The van der Waals surface area contributed by atoms with Gasteiger partial charge in [0.15, 0.2) is 0 Å². The van der Waals surface area contributed by atoms with Crippen molar-refractivity contribution in [2.75, 3.05) is 20.1 Å². The predicted molar refractivity (Wildman–Crippen MR) is 87.6 cm³/mol. The Labute approximate surface area is 131 Å². The summed E-state index contributed by atoms with van der Waals surface area (Å²) in [7, 11) is 2.16. The summed E-state index contributed by atoms with van der Waals surface area (Å²) in [6, 6.07) is 9.96. The Kier molecular flexibility index (Phi) is 4.50. The molecule has 1 saturated heterocycles. The van der Waals surface area contributed by atoms with Crippen molar-refractivity contribution in [1.82, 2.24) is 14.9 Å². The Morgan fingerprint density at radius 3 is 2.68 bits per heavy atom. The topological polar surface area (TPSA) is 49.3 Å². The molecule has 0 aliphatic carbocycles. The molecule has 1 N–H and O–H groups in total. The second-order valence-electron chi connectivity index (χ2n) is 6.21. The van der Waals surface area contributed by atoms with Gasteiger partial charge < -0.3 is 10.0 Å². The molecule has 0 amide bonds. The first-order valence-corrected chi connectivity index (χ1v) is 7.90. The number of aliphatic hydroxyl groups excluding tert-OH is 1. The quantitative estimate of drug-likeness (QED) is 0.946. The third-order valence-corrected chi connectivity index (χ3v) is 4.29. The molecule has 2 aromatic rings. The SMILES string of the molecule is Cc1cc(-c2ccc(CO)cc2)nc([C@@H]2CCCN(C)C2)n1.